The second-order valence-corrected chi connectivity index (χ2v) is 5.90. The zero-order chi connectivity index (χ0) is 17.6. The van der Waals surface area contributed by atoms with Gasteiger partial charge in [-0.25, -0.2) is 0 Å². The first-order valence-corrected chi connectivity index (χ1v) is 8.32. The van der Waals surface area contributed by atoms with Gasteiger partial charge in [-0.2, -0.15) is 15.0 Å². The third kappa shape index (κ3) is 4.53. The summed E-state index contributed by atoms with van der Waals surface area (Å²) in [4.78, 5) is 38.3. The van der Waals surface area contributed by atoms with Gasteiger partial charge in [-0.1, -0.05) is 0 Å². The summed E-state index contributed by atoms with van der Waals surface area (Å²) < 4.78 is 10.5. The molecule has 2 aliphatic rings. The van der Waals surface area contributed by atoms with Crippen molar-refractivity contribution in [2.24, 2.45) is 5.92 Å². The van der Waals surface area contributed by atoms with Crippen LogP contribution >= 0.6 is 0 Å². The minimum Gasteiger partial charge on any atom is -0.467 e. The highest BCUT2D eigenvalue weighted by atomic mass is 16.5. The maximum Gasteiger partial charge on any atom is 0.321 e. The van der Waals surface area contributed by atoms with Gasteiger partial charge >= 0.3 is 6.01 Å². The molecule has 1 aromatic rings. The molecule has 2 fully saturated rings. The largest absolute Gasteiger partial charge is 0.467 e. The van der Waals surface area contributed by atoms with Gasteiger partial charge in [-0.05, 0) is 6.42 Å². The Kier molecular flexibility index (Phi) is 5.59. The van der Waals surface area contributed by atoms with E-state index in [-0.39, 0.29) is 30.3 Å². The van der Waals surface area contributed by atoms with E-state index in [1.807, 2.05) is 4.90 Å². The average molecular weight is 350 g/mol. The Balaban J connectivity index is 1.62. The molecule has 0 aromatic carbocycles. The van der Waals surface area contributed by atoms with Crippen molar-refractivity contribution in [3.63, 3.8) is 0 Å². The molecule has 1 aromatic heterocycles. The number of carbonyl (C=O) groups is 2. The molecule has 2 N–H and O–H groups in total. The molecule has 3 rings (SSSR count). The van der Waals surface area contributed by atoms with Gasteiger partial charge in [-0.3, -0.25) is 9.59 Å². The Bertz CT molecular complexity index is 624. The lowest BCUT2D eigenvalue weighted by Crippen LogP contribution is -2.43. The Morgan fingerprint density at radius 3 is 2.84 bits per heavy atom. The summed E-state index contributed by atoms with van der Waals surface area (Å²) in [5, 5.41) is 5.53. The number of morpholine rings is 1. The van der Waals surface area contributed by atoms with Crippen LogP contribution in [0.3, 0.4) is 0 Å². The van der Waals surface area contributed by atoms with Crippen molar-refractivity contribution < 1.29 is 19.1 Å². The number of nitrogens with one attached hydrogen (secondary N) is 2. The number of nitrogens with zero attached hydrogens (tertiary/aromatic N) is 4. The molecular weight excluding hydrogens is 328 g/mol. The number of hydrogen-bond donors (Lipinski definition) is 2. The quantitative estimate of drug-likeness (QED) is 0.684. The fraction of sp³-hybridized carbons (Fsp3) is 0.667. The summed E-state index contributed by atoms with van der Waals surface area (Å²) in [6.45, 7) is 3.17. The molecule has 10 nitrogen and oxygen atoms in total. The number of amides is 2. The SMILES string of the molecule is COc1nc(CNC(=O)C2CCC(=O)NC2)nc(N2CCOCC2)n1. The Morgan fingerprint density at radius 2 is 2.16 bits per heavy atom. The topological polar surface area (TPSA) is 119 Å². The van der Waals surface area contributed by atoms with Crippen molar-refractivity contribution in [2.75, 3.05) is 44.9 Å². The number of anilines is 1. The van der Waals surface area contributed by atoms with E-state index in [1.54, 1.807) is 0 Å². The maximum absolute atomic E-state index is 12.2. The second kappa shape index (κ2) is 8.06. The van der Waals surface area contributed by atoms with Crippen LogP contribution in [0.2, 0.25) is 0 Å². The molecule has 0 radical (unpaired) electrons. The molecule has 2 aliphatic heterocycles. The summed E-state index contributed by atoms with van der Waals surface area (Å²) >= 11 is 0. The van der Waals surface area contributed by atoms with Crippen molar-refractivity contribution in [2.45, 2.75) is 19.4 Å². The molecule has 3 heterocycles. The van der Waals surface area contributed by atoms with Gasteiger partial charge in [0.15, 0.2) is 5.82 Å². The second-order valence-electron chi connectivity index (χ2n) is 5.90. The first kappa shape index (κ1) is 17.3. The van der Waals surface area contributed by atoms with Gasteiger partial charge in [0.05, 0.1) is 32.8 Å². The number of piperidine rings is 1. The summed E-state index contributed by atoms with van der Waals surface area (Å²) in [5.41, 5.74) is 0. The Hall–Kier alpha value is -2.49. The Labute approximate surface area is 145 Å². The lowest BCUT2D eigenvalue weighted by atomic mass is 9.98. The van der Waals surface area contributed by atoms with Crippen molar-refractivity contribution in [3.05, 3.63) is 5.82 Å². The highest BCUT2D eigenvalue weighted by Crippen LogP contribution is 2.14. The van der Waals surface area contributed by atoms with E-state index in [2.05, 4.69) is 25.6 Å². The first-order chi connectivity index (χ1) is 12.2. The lowest BCUT2D eigenvalue weighted by molar-refractivity contribution is -0.129. The number of aromatic nitrogens is 3. The molecule has 0 bridgehead atoms. The van der Waals surface area contributed by atoms with Gasteiger partial charge in [0.1, 0.15) is 0 Å². The van der Waals surface area contributed by atoms with E-state index in [0.717, 1.165) is 0 Å². The van der Waals surface area contributed by atoms with Gasteiger partial charge in [0.25, 0.3) is 0 Å². The molecule has 1 atom stereocenters. The highest BCUT2D eigenvalue weighted by molar-refractivity contribution is 5.83. The molecule has 0 saturated carbocycles. The molecule has 0 aliphatic carbocycles. The zero-order valence-corrected chi connectivity index (χ0v) is 14.2. The third-order valence-electron chi connectivity index (χ3n) is 4.18. The van der Waals surface area contributed by atoms with E-state index >= 15 is 0 Å². The van der Waals surface area contributed by atoms with E-state index < -0.39 is 0 Å². The van der Waals surface area contributed by atoms with Gasteiger partial charge in [-0.15, -0.1) is 0 Å². The number of rotatable bonds is 5. The minimum atomic E-state index is -0.222. The van der Waals surface area contributed by atoms with Crippen LogP contribution in [0.1, 0.15) is 18.7 Å². The summed E-state index contributed by atoms with van der Waals surface area (Å²) in [7, 11) is 1.49. The van der Waals surface area contributed by atoms with E-state index in [4.69, 9.17) is 9.47 Å². The minimum absolute atomic E-state index is 0.0126. The standard InChI is InChI=1S/C15H22N6O4/c1-24-15-19-11(18-14(20-15)21-4-6-25-7-5-21)9-17-13(23)10-2-3-12(22)16-8-10/h10H,2-9H2,1H3,(H,16,22)(H,17,23). The molecule has 0 spiro atoms. The molecule has 25 heavy (non-hydrogen) atoms. The number of hydrogen-bond acceptors (Lipinski definition) is 8. The summed E-state index contributed by atoms with van der Waals surface area (Å²) in [6, 6.07) is 0.214. The molecular formula is C15H22N6O4. The molecule has 136 valence electrons. The lowest BCUT2D eigenvalue weighted by Gasteiger charge is -2.27. The third-order valence-corrected chi connectivity index (χ3v) is 4.18. The van der Waals surface area contributed by atoms with Crippen LogP contribution in [-0.2, 0) is 20.9 Å². The van der Waals surface area contributed by atoms with Gasteiger partial charge in [0.2, 0.25) is 17.8 Å². The number of carbonyl (C=O) groups excluding carboxylic acids is 2. The number of ether oxygens (including phenoxy) is 2. The van der Waals surface area contributed by atoms with Crippen LogP contribution in [0.15, 0.2) is 0 Å². The van der Waals surface area contributed by atoms with Crippen LogP contribution in [0.25, 0.3) is 0 Å². The van der Waals surface area contributed by atoms with E-state index in [9.17, 15) is 9.59 Å². The van der Waals surface area contributed by atoms with E-state index in [1.165, 1.54) is 7.11 Å². The van der Waals surface area contributed by atoms with Crippen LogP contribution in [0.5, 0.6) is 6.01 Å². The van der Waals surface area contributed by atoms with Crippen LogP contribution in [-0.4, -0.2) is 66.7 Å². The number of methoxy groups -OCH3 is 1. The average Bonchev–Trinajstić information content (AvgIpc) is 2.67. The highest BCUT2D eigenvalue weighted by Gasteiger charge is 2.24. The first-order valence-electron chi connectivity index (χ1n) is 8.32. The normalized spacial score (nSPS) is 20.8. The molecule has 1 unspecified atom stereocenters. The van der Waals surface area contributed by atoms with E-state index in [0.29, 0.717) is 57.5 Å². The predicted octanol–water partition coefficient (Wildman–Crippen LogP) is -1.14. The van der Waals surface area contributed by atoms with Crippen molar-refractivity contribution in [3.8, 4) is 6.01 Å². The van der Waals surface area contributed by atoms with Crippen LogP contribution in [0, 0.1) is 5.92 Å². The van der Waals surface area contributed by atoms with Crippen molar-refractivity contribution >= 4 is 17.8 Å². The summed E-state index contributed by atoms with van der Waals surface area (Å²) in [5.74, 6) is 0.597. The fourth-order valence-electron chi connectivity index (χ4n) is 2.73. The Morgan fingerprint density at radius 1 is 1.36 bits per heavy atom. The van der Waals surface area contributed by atoms with Crippen molar-refractivity contribution in [1.82, 2.24) is 25.6 Å². The summed E-state index contributed by atoms with van der Waals surface area (Å²) in [6.07, 6.45) is 0.927. The molecule has 2 amide bonds. The van der Waals surface area contributed by atoms with Crippen LogP contribution in [0.4, 0.5) is 5.95 Å². The zero-order valence-electron chi connectivity index (χ0n) is 14.2. The van der Waals surface area contributed by atoms with Gasteiger partial charge in [0, 0.05) is 26.1 Å². The predicted molar refractivity (Wildman–Crippen MR) is 87.0 cm³/mol. The van der Waals surface area contributed by atoms with Crippen LogP contribution < -0.4 is 20.3 Å². The van der Waals surface area contributed by atoms with Gasteiger partial charge < -0.3 is 25.0 Å². The monoisotopic (exact) mass is 350 g/mol. The molecule has 2 saturated heterocycles. The smallest absolute Gasteiger partial charge is 0.321 e. The fourth-order valence-corrected chi connectivity index (χ4v) is 2.73. The van der Waals surface area contributed by atoms with Crippen molar-refractivity contribution in [1.29, 1.82) is 0 Å². The maximum atomic E-state index is 12.2. The molecule has 10 heteroatoms.